The largest absolute Gasteiger partial charge is 0.351 e. The zero-order valence-electron chi connectivity index (χ0n) is 16.6. The van der Waals surface area contributed by atoms with E-state index in [9.17, 15) is 0 Å². The average Bonchev–Trinajstić information content (AvgIpc) is 3.43. The van der Waals surface area contributed by atoms with Gasteiger partial charge in [-0.2, -0.15) is 0 Å². The second-order valence-electron chi connectivity index (χ2n) is 8.16. The van der Waals surface area contributed by atoms with Crippen LogP contribution in [0.3, 0.4) is 0 Å². The summed E-state index contributed by atoms with van der Waals surface area (Å²) in [5.74, 6) is 1.15. The van der Waals surface area contributed by atoms with Gasteiger partial charge in [-0.3, -0.25) is 0 Å². The van der Waals surface area contributed by atoms with Crippen molar-refractivity contribution < 1.29 is 0 Å². The van der Waals surface area contributed by atoms with E-state index < -0.39 is 0 Å². The zero-order valence-corrected chi connectivity index (χ0v) is 17.4. The maximum Gasteiger partial charge on any atom is 0.223 e. The molecule has 0 unspecified atom stereocenters. The number of nitrogens with one attached hydrogen (secondary N) is 2. The maximum atomic E-state index is 7.92. The fourth-order valence-corrected chi connectivity index (χ4v) is 5.08. The number of benzene rings is 1. The molecule has 2 saturated carbocycles. The van der Waals surface area contributed by atoms with Crippen LogP contribution in [0.1, 0.15) is 55.0 Å². The van der Waals surface area contributed by atoms with E-state index in [1.165, 1.54) is 23.4 Å². The molecule has 0 spiro atoms. The van der Waals surface area contributed by atoms with E-state index in [1.54, 1.807) is 11.3 Å². The topological polar surface area (TPSA) is 74.6 Å². The van der Waals surface area contributed by atoms with Crippen molar-refractivity contribution in [1.29, 1.82) is 5.41 Å². The molecule has 2 aliphatic carbocycles. The van der Waals surface area contributed by atoms with Crippen LogP contribution in [0.2, 0.25) is 0 Å². The average molecular weight is 404 g/mol. The van der Waals surface area contributed by atoms with E-state index in [2.05, 4.69) is 41.5 Å². The summed E-state index contributed by atoms with van der Waals surface area (Å²) in [7, 11) is 0. The summed E-state index contributed by atoms with van der Waals surface area (Å²) in [6.45, 7) is 2.12. The summed E-state index contributed by atoms with van der Waals surface area (Å²) < 4.78 is 0. The van der Waals surface area contributed by atoms with Crippen LogP contribution < -0.4 is 5.32 Å². The van der Waals surface area contributed by atoms with Crippen molar-refractivity contribution in [2.45, 2.75) is 57.4 Å². The third kappa shape index (κ3) is 4.08. The standard InChI is InChI=1S/C23H25N5S/c1-14-3-2-4-16(13-14)20-21(19-11-12-25-23(27-19)26-18-9-10-18)29-22(28-20)15-5-7-17(24)8-6-15/h2-4,11-13,15,18,24H,5-10H2,1H3,(H,25,26,27). The monoisotopic (exact) mass is 403 g/mol. The Hall–Kier alpha value is -2.60. The maximum absolute atomic E-state index is 7.92. The fraction of sp³-hybridized carbons (Fsp3) is 0.391. The highest BCUT2D eigenvalue weighted by molar-refractivity contribution is 7.15. The van der Waals surface area contributed by atoms with Crippen molar-refractivity contribution in [1.82, 2.24) is 15.0 Å². The first kappa shape index (κ1) is 18.4. The van der Waals surface area contributed by atoms with E-state index in [-0.39, 0.29) is 0 Å². The van der Waals surface area contributed by atoms with Gasteiger partial charge in [-0.15, -0.1) is 11.3 Å². The summed E-state index contributed by atoms with van der Waals surface area (Å²) in [4.78, 5) is 15.5. The first-order valence-electron chi connectivity index (χ1n) is 10.4. The lowest BCUT2D eigenvalue weighted by molar-refractivity contribution is 0.562. The van der Waals surface area contributed by atoms with Crippen molar-refractivity contribution >= 4 is 23.0 Å². The van der Waals surface area contributed by atoms with Gasteiger partial charge in [0.05, 0.1) is 21.3 Å². The molecule has 0 bridgehead atoms. The lowest BCUT2D eigenvalue weighted by atomic mass is 9.88. The molecule has 5 nitrogen and oxygen atoms in total. The SMILES string of the molecule is Cc1cccc(-c2nc(C3CCC(=N)CC3)sc2-c2ccnc(NC3CC3)n2)c1. The summed E-state index contributed by atoms with van der Waals surface area (Å²) in [5.41, 5.74) is 5.20. The number of hydrogen-bond donors (Lipinski definition) is 2. The number of anilines is 1. The predicted molar refractivity (Wildman–Crippen MR) is 119 cm³/mol. The Kier molecular flexibility index (Phi) is 4.87. The Morgan fingerprint density at radius 1 is 1.07 bits per heavy atom. The number of aryl methyl sites for hydroxylation is 1. The van der Waals surface area contributed by atoms with E-state index in [1.807, 2.05) is 12.3 Å². The van der Waals surface area contributed by atoms with Gasteiger partial charge in [0, 0.05) is 29.4 Å². The molecular weight excluding hydrogens is 378 g/mol. The molecule has 2 aromatic heterocycles. The Morgan fingerprint density at radius 2 is 1.90 bits per heavy atom. The molecule has 0 saturated heterocycles. The highest BCUT2D eigenvalue weighted by atomic mass is 32.1. The van der Waals surface area contributed by atoms with Gasteiger partial charge in [0.2, 0.25) is 5.95 Å². The zero-order chi connectivity index (χ0) is 19.8. The lowest BCUT2D eigenvalue weighted by Gasteiger charge is -2.20. The molecule has 148 valence electrons. The molecule has 6 heteroatoms. The summed E-state index contributed by atoms with van der Waals surface area (Å²) in [6, 6.07) is 11.1. The molecule has 0 amide bonds. The van der Waals surface area contributed by atoms with Crippen molar-refractivity contribution in [3.05, 3.63) is 47.1 Å². The number of rotatable bonds is 5. The lowest BCUT2D eigenvalue weighted by Crippen LogP contribution is -2.11. The van der Waals surface area contributed by atoms with Crippen molar-refractivity contribution in [3.63, 3.8) is 0 Å². The van der Waals surface area contributed by atoms with E-state index >= 15 is 0 Å². The van der Waals surface area contributed by atoms with Gasteiger partial charge >= 0.3 is 0 Å². The molecule has 3 aromatic rings. The van der Waals surface area contributed by atoms with Gasteiger partial charge in [-0.25, -0.2) is 15.0 Å². The molecule has 0 atom stereocenters. The van der Waals surface area contributed by atoms with Crippen LogP contribution >= 0.6 is 11.3 Å². The van der Waals surface area contributed by atoms with E-state index in [4.69, 9.17) is 15.4 Å². The Morgan fingerprint density at radius 3 is 2.66 bits per heavy atom. The van der Waals surface area contributed by atoms with Gasteiger partial charge in [0.15, 0.2) is 0 Å². The van der Waals surface area contributed by atoms with Gasteiger partial charge in [-0.1, -0.05) is 23.8 Å². The molecule has 0 aliphatic heterocycles. The first-order chi connectivity index (χ1) is 14.2. The third-order valence-corrected chi connectivity index (χ3v) is 6.91. The molecule has 1 aromatic carbocycles. The van der Waals surface area contributed by atoms with Crippen LogP contribution in [0.5, 0.6) is 0 Å². The smallest absolute Gasteiger partial charge is 0.223 e. The predicted octanol–water partition coefficient (Wildman–Crippen LogP) is 5.83. The molecule has 5 rings (SSSR count). The molecule has 2 fully saturated rings. The summed E-state index contributed by atoms with van der Waals surface area (Å²) >= 11 is 1.76. The number of hydrogen-bond acceptors (Lipinski definition) is 6. The van der Waals surface area contributed by atoms with Crippen LogP contribution in [-0.4, -0.2) is 26.7 Å². The van der Waals surface area contributed by atoms with E-state index in [0.717, 1.165) is 53.2 Å². The van der Waals surface area contributed by atoms with Crippen LogP contribution in [-0.2, 0) is 0 Å². The number of aromatic nitrogens is 3. The quantitative estimate of drug-likeness (QED) is 0.562. The molecule has 0 radical (unpaired) electrons. The van der Waals surface area contributed by atoms with Gasteiger partial charge < -0.3 is 10.7 Å². The van der Waals surface area contributed by atoms with E-state index in [0.29, 0.717) is 17.9 Å². The molecule has 2 aliphatic rings. The van der Waals surface area contributed by atoms with Crippen LogP contribution in [0.15, 0.2) is 36.5 Å². The van der Waals surface area contributed by atoms with Crippen LogP contribution in [0, 0.1) is 12.3 Å². The normalized spacial score (nSPS) is 19.3. The Bertz CT molecular complexity index is 1040. The minimum absolute atomic E-state index is 0.442. The third-order valence-electron chi connectivity index (χ3n) is 5.67. The number of nitrogens with zero attached hydrogens (tertiary/aromatic N) is 3. The van der Waals surface area contributed by atoms with Gasteiger partial charge in [-0.05, 0) is 57.6 Å². The molecule has 29 heavy (non-hydrogen) atoms. The fourth-order valence-electron chi connectivity index (χ4n) is 3.85. The summed E-state index contributed by atoms with van der Waals surface area (Å²) in [6.07, 6.45) is 8.07. The van der Waals surface area contributed by atoms with Crippen molar-refractivity contribution in [3.8, 4) is 21.8 Å². The van der Waals surface area contributed by atoms with Crippen molar-refractivity contribution in [2.24, 2.45) is 0 Å². The molecule has 2 heterocycles. The number of thiazole rings is 1. The molecular formula is C23H25N5S. The second kappa shape index (κ2) is 7.67. The second-order valence-corrected chi connectivity index (χ2v) is 9.19. The Labute approximate surface area is 175 Å². The van der Waals surface area contributed by atoms with Gasteiger partial charge in [0.25, 0.3) is 0 Å². The minimum Gasteiger partial charge on any atom is -0.351 e. The minimum atomic E-state index is 0.442. The first-order valence-corrected chi connectivity index (χ1v) is 11.2. The summed E-state index contributed by atoms with van der Waals surface area (Å²) in [5, 5.41) is 12.5. The van der Waals surface area contributed by atoms with Gasteiger partial charge in [0.1, 0.15) is 0 Å². The highest BCUT2D eigenvalue weighted by Crippen LogP contribution is 2.42. The Balaban J connectivity index is 1.56. The van der Waals surface area contributed by atoms with Crippen LogP contribution in [0.25, 0.3) is 21.8 Å². The molecule has 2 N–H and O–H groups in total. The van der Waals surface area contributed by atoms with Crippen molar-refractivity contribution in [2.75, 3.05) is 5.32 Å². The van der Waals surface area contributed by atoms with Crippen LogP contribution in [0.4, 0.5) is 5.95 Å². The highest BCUT2D eigenvalue weighted by Gasteiger charge is 2.26.